The average molecular weight is 331 g/mol. The Morgan fingerprint density at radius 3 is 2.74 bits per heavy atom. The van der Waals surface area contributed by atoms with Crippen LogP contribution < -0.4 is 4.74 Å². The number of hydrogen-bond acceptors (Lipinski definition) is 4. The number of carbonyl (C=O) groups excluding carboxylic acids is 1. The van der Waals surface area contributed by atoms with Crippen LogP contribution in [0.25, 0.3) is 0 Å². The molecular weight excluding hydrogens is 312 g/mol. The third kappa shape index (κ3) is 6.07. The third-order valence-corrected chi connectivity index (χ3v) is 3.20. The zero-order valence-electron chi connectivity index (χ0n) is 11.2. The molecule has 0 saturated heterocycles. The van der Waals surface area contributed by atoms with E-state index in [2.05, 4.69) is 15.9 Å². The maximum absolute atomic E-state index is 10.9. The van der Waals surface area contributed by atoms with E-state index in [1.807, 2.05) is 24.3 Å². The molecule has 0 aliphatic rings. The standard InChI is InChI=1S/C14H19BrO4/c1-11(16)19-13(9-15)10-18-14-6-4-3-5-12(14)7-8-17-2/h3-6,13H,7-10H2,1-2H3/t13-/m0/s1. The van der Waals surface area contributed by atoms with Gasteiger partial charge in [0, 0.05) is 19.4 Å². The van der Waals surface area contributed by atoms with Crippen molar-refractivity contribution < 1.29 is 19.0 Å². The predicted octanol–water partition coefficient (Wildman–Crippen LogP) is 2.58. The molecule has 5 heteroatoms. The van der Waals surface area contributed by atoms with E-state index in [0.717, 1.165) is 17.7 Å². The monoisotopic (exact) mass is 330 g/mol. The summed E-state index contributed by atoms with van der Waals surface area (Å²) in [5, 5.41) is 0.548. The summed E-state index contributed by atoms with van der Waals surface area (Å²) in [5.41, 5.74) is 1.08. The van der Waals surface area contributed by atoms with E-state index < -0.39 is 0 Å². The Hall–Kier alpha value is -1.07. The fourth-order valence-corrected chi connectivity index (χ4v) is 1.91. The zero-order chi connectivity index (χ0) is 14.1. The lowest BCUT2D eigenvalue weighted by Gasteiger charge is -2.17. The molecule has 0 saturated carbocycles. The molecule has 106 valence electrons. The Labute approximate surface area is 122 Å². The maximum atomic E-state index is 10.9. The SMILES string of the molecule is COCCc1ccccc1OC[C@H](CBr)OC(C)=O. The van der Waals surface area contributed by atoms with Crippen molar-refractivity contribution in [3.8, 4) is 5.75 Å². The van der Waals surface area contributed by atoms with E-state index in [9.17, 15) is 4.79 Å². The molecule has 0 fully saturated rings. The van der Waals surface area contributed by atoms with E-state index in [4.69, 9.17) is 14.2 Å². The molecule has 1 aromatic rings. The normalized spacial score (nSPS) is 11.9. The Kier molecular flexibility index (Phi) is 7.52. The molecule has 0 amide bonds. The van der Waals surface area contributed by atoms with Crippen LogP contribution in [0.3, 0.4) is 0 Å². The van der Waals surface area contributed by atoms with Crippen molar-refractivity contribution in [3.05, 3.63) is 29.8 Å². The molecule has 19 heavy (non-hydrogen) atoms. The van der Waals surface area contributed by atoms with Gasteiger partial charge in [-0.1, -0.05) is 34.1 Å². The molecule has 0 N–H and O–H groups in total. The van der Waals surface area contributed by atoms with Gasteiger partial charge < -0.3 is 14.2 Å². The van der Waals surface area contributed by atoms with Crippen LogP contribution in [0.5, 0.6) is 5.75 Å². The second-order valence-electron chi connectivity index (χ2n) is 4.05. The van der Waals surface area contributed by atoms with Crippen molar-refractivity contribution in [1.82, 2.24) is 0 Å². The first-order chi connectivity index (χ1) is 9.17. The van der Waals surface area contributed by atoms with Gasteiger partial charge in [0.05, 0.1) is 6.61 Å². The number of alkyl halides is 1. The van der Waals surface area contributed by atoms with Gasteiger partial charge in [-0.15, -0.1) is 0 Å². The summed E-state index contributed by atoms with van der Waals surface area (Å²) in [6, 6.07) is 7.79. The van der Waals surface area contributed by atoms with Gasteiger partial charge in [-0.2, -0.15) is 0 Å². The van der Waals surface area contributed by atoms with E-state index in [-0.39, 0.29) is 12.1 Å². The lowest BCUT2D eigenvalue weighted by atomic mass is 10.1. The molecule has 0 radical (unpaired) electrons. The number of methoxy groups -OCH3 is 1. The number of carbonyl (C=O) groups is 1. The minimum Gasteiger partial charge on any atom is -0.489 e. The predicted molar refractivity (Wildman–Crippen MR) is 76.9 cm³/mol. The van der Waals surface area contributed by atoms with Gasteiger partial charge in [-0.3, -0.25) is 4.79 Å². The molecule has 0 spiro atoms. The molecule has 0 heterocycles. The largest absolute Gasteiger partial charge is 0.489 e. The van der Waals surface area contributed by atoms with Crippen LogP contribution in [0.2, 0.25) is 0 Å². The quantitative estimate of drug-likeness (QED) is 0.543. The van der Waals surface area contributed by atoms with Crippen LogP contribution in [0.4, 0.5) is 0 Å². The van der Waals surface area contributed by atoms with Crippen molar-refractivity contribution in [1.29, 1.82) is 0 Å². The summed E-state index contributed by atoms with van der Waals surface area (Å²) < 4.78 is 15.9. The van der Waals surface area contributed by atoms with E-state index in [1.54, 1.807) is 7.11 Å². The Bertz CT molecular complexity index is 395. The number of hydrogen-bond donors (Lipinski definition) is 0. The van der Waals surface area contributed by atoms with Gasteiger partial charge in [0.15, 0.2) is 0 Å². The van der Waals surface area contributed by atoms with Crippen molar-refractivity contribution in [2.45, 2.75) is 19.4 Å². The molecule has 4 nitrogen and oxygen atoms in total. The average Bonchev–Trinajstić information content (AvgIpc) is 2.41. The number of para-hydroxylation sites is 1. The fraction of sp³-hybridized carbons (Fsp3) is 0.500. The van der Waals surface area contributed by atoms with Crippen LogP contribution in [0.1, 0.15) is 12.5 Å². The highest BCUT2D eigenvalue weighted by atomic mass is 79.9. The zero-order valence-corrected chi connectivity index (χ0v) is 12.8. The Balaban J connectivity index is 2.57. The van der Waals surface area contributed by atoms with Gasteiger partial charge >= 0.3 is 5.97 Å². The fourth-order valence-electron chi connectivity index (χ4n) is 1.59. The lowest BCUT2D eigenvalue weighted by molar-refractivity contribution is -0.146. The number of esters is 1. The molecule has 0 aliphatic carbocycles. The molecule has 1 aromatic carbocycles. The highest BCUT2D eigenvalue weighted by molar-refractivity contribution is 9.09. The van der Waals surface area contributed by atoms with Crippen LogP contribution in [0, 0.1) is 0 Å². The van der Waals surface area contributed by atoms with Gasteiger partial charge in [0.1, 0.15) is 18.5 Å². The Morgan fingerprint density at radius 1 is 1.37 bits per heavy atom. The molecular formula is C14H19BrO4. The van der Waals surface area contributed by atoms with Crippen molar-refractivity contribution in [2.24, 2.45) is 0 Å². The first-order valence-corrected chi connectivity index (χ1v) is 7.22. The smallest absolute Gasteiger partial charge is 0.303 e. The summed E-state index contributed by atoms with van der Waals surface area (Å²) in [5.74, 6) is 0.498. The Morgan fingerprint density at radius 2 is 2.11 bits per heavy atom. The molecule has 1 rings (SSSR count). The summed E-state index contributed by atoms with van der Waals surface area (Å²) in [6.45, 7) is 2.36. The van der Waals surface area contributed by atoms with Gasteiger partial charge in [-0.05, 0) is 18.1 Å². The van der Waals surface area contributed by atoms with Crippen LogP contribution in [-0.2, 0) is 20.7 Å². The summed E-state index contributed by atoms with van der Waals surface area (Å²) >= 11 is 3.30. The summed E-state index contributed by atoms with van der Waals surface area (Å²) in [4.78, 5) is 10.9. The molecule has 0 aromatic heterocycles. The minimum atomic E-state index is -0.305. The molecule has 0 aliphatic heterocycles. The van der Waals surface area contributed by atoms with Crippen LogP contribution in [0.15, 0.2) is 24.3 Å². The summed E-state index contributed by atoms with van der Waals surface area (Å²) in [7, 11) is 1.67. The highest BCUT2D eigenvalue weighted by Gasteiger charge is 2.12. The topological polar surface area (TPSA) is 44.8 Å². The van der Waals surface area contributed by atoms with E-state index in [0.29, 0.717) is 18.5 Å². The highest BCUT2D eigenvalue weighted by Crippen LogP contribution is 2.19. The maximum Gasteiger partial charge on any atom is 0.303 e. The number of benzene rings is 1. The first-order valence-electron chi connectivity index (χ1n) is 6.10. The second kappa shape index (κ2) is 8.93. The molecule has 1 atom stereocenters. The lowest BCUT2D eigenvalue weighted by Crippen LogP contribution is -2.25. The summed E-state index contributed by atoms with van der Waals surface area (Å²) in [6.07, 6.45) is 0.507. The van der Waals surface area contributed by atoms with Gasteiger partial charge in [0.2, 0.25) is 0 Å². The van der Waals surface area contributed by atoms with Crippen molar-refractivity contribution in [2.75, 3.05) is 25.7 Å². The first kappa shape index (κ1) is 16.0. The van der Waals surface area contributed by atoms with Crippen molar-refractivity contribution in [3.63, 3.8) is 0 Å². The van der Waals surface area contributed by atoms with Crippen LogP contribution >= 0.6 is 15.9 Å². The number of ether oxygens (including phenoxy) is 3. The molecule has 0 bridgehead atoms. The van der Waals surface area contributed by atoms with E-state index in [1.165, 1.54) is 6.92 Å². The van der Waals surface area contributed by atoms with Crippen LogP contribution in [-0.4, -0.2) is 37.7 Å². The minimum absolute atomic E-state index is 0.284. The number of rotatable bonds is 8. The van der Waals surface area contributed by atoms with Crippen molar-refractivity contribution >= 4 is 21.9 Å². The van der Waals surface area contributed by atoms with E-state index >= 15 is 0 Å². The number of halogens is 1. The third-order valence-electron chi connectivity index (χ3n) is 2.48. The van der Waals surface area contributed by atoms with Gasteiger partial charge in [-0.25, -0.2) is 0 Å². The second-order valence-corrected chi connectivity index (χ2v) is 4.69. The molecule has 0 unspecified atom stereocenters. The van der Waals surface area contributed by atoms with Gasteiger partial charge in [0.25, 0.3) is 0 Å².